The summed E-state index contributed by atoms with van der Waals surface area (Å²) in [5.41, 5.74) is 1.28. The third-order valence-electron chi connectivity index (χ3n) is 5.41. The number of ether oxygens (including phenoxy) is 2. The topological polar surface area (TPSA) is 78.3 Å². The van der Waals surface area contributed by atoms with Crippen molar-refractivity contribution >= 4 is 23.7 Å². The molecule has 0 radical (unpaired) electrons. The summed E-state index contributed by atoms with van der Waals surface area (Å²) in [6, 6.07) is 14.0. The fourth-order valence-electron chi connectivity index (χ4n) is 3.62. The molecule has 3 aromatic rings. The van der Waals surface area contributed by atoms with E-state index in [4.69, 9.17) is 9.47 Å². The molecular weight excluding hydrogens is 455 g/mol. The van der Waals surface area contributed by atoms with E-state index in [0.29, 0.717) is 29.6 Å². The van der Waals surface area contributed by atoms with Crippen molar-refractivity contribution in [3.63, 3.8) is 0 Å². The van der Waals surface area contributed by atoms with Crippen molar-refractivity contribution in [2.45, 2.75) is 30.5 Å². The number of nitrogens with zero attached hydrogens (tertiary/aromatic N) is 3. The van der Waals surface area contributed by atoms with Crippen molar-refractivity contribution in [2.24, 2.45) is 0 Å². The number of hydrogen-bond acceptors (Lipinski definition) is 6. The van der Waals surface area contributed by atoms with Gasteiger partial charge in [0.1, 0.15) is 17.4 Å². The van der Waals surface area contributed by atoms with Crippen molar-refractivity contribution < 1.29 is 18.7 Å². The first kappa shape index (κ1) is 24.0. The first-order valence-corrected chi connectivity index (χ1v) is 12.2. The van der Waals surface area contributed by atoms with E-state index in [0.717, 1.165) is 36.5 Å². The fourth-order valence-corrected chi connectivity index (χ4v) is 4.65. The minimum absolute atomic E-state index is 0.177. The summed E-state index contributed by atoms with van der Waals surface area (Å²) in [5, 5.41) is 12.1. The van der Waals surface area contributed by atoms with Gasteiger partial charge in [-0.05, 0) is 48.7 Å². The Morgan fingerprint density at radius 3 is 2.82 bits per heavy atom. The van der Waals surface area contributed by atoms with E-state index in [1.165, 1.54) is 23.9 Å². The molecule has 0 aliphatic carbocycles. The average Bonchev–Trinajstić information content (AvgIpc) is 3.52. The minimum atomic E-state index is -0.353. The molecule has 7 nitrogen and oxygen atoms in total. The first-order valence-electron chi connectivity index (χ1n) is 11.2. The van der Waals surface area contributed by atoms with Crippen LogP contribution in [0.2, 0.25) is 0 Å². The number of methoxy groups -OCH3 is 1. The lowest BCUT2D eigenvalue weighted by atomic mass is 10.2. The highest BCUT2D eigenvalue weighted by Gasteiger charge is 2.21. The van der Waals surface area contributed by atoms with Crippen LogP contribution >= 0.6 is 11.8 Å². The van der Waals surface area contributed by atoms with E-state index in [1.54, 1.807) is 36.0 Å². The predicted octanol–water partition coefficient (Wildman–Crippen LogP) is 4.06. The second-order valence-corrected chi connectivity index (χ2v) is 8.77. The lowest BCUT2D eigenvalue weighted by Gasteiger charge is -2.13. The Morgan fingerprint density at radius 1 is 1.26 bits per heavy atom. The zero-order chi connectivity index (χ0) is 23.8. The predicted molar refractivity (Wildman–Crippen MR) is 130 cm³/mol. The van der Waals surface area contributed by atoms with Crippen molar-refractivity contribution in [1.82, 2.24) is 20.1 Å². The van der Waals surface area contributed by atoms with Crippen molar-refractivity contribution in [3.8, 4) is 11.4 Å². The molecule has 1 atom stereocenters. The molecule has 1 saturated heterocycles. The van der Waals surface area contributed by atoms with E-state index >= 15 is 0 Å². The molecule has 34 heavy (non-hydrogen) atoms. The number of nitrogens with one attached hydrogen (secondary N) is 1. The summed E-state index contributed by atoms with van der Waals surface area (Å²) in [7, 11) is 1.61. The summed E-state index contributed by atoms with van der Waals surface area (Å²) >= 11 is 1.51. The van der Waals surface area contributed by atoms with Crippen LogP contribution in [0.25, 0.3) is 11.8 Å². The monoisotopic (exact) mass is 482 g/mol. The summed E-state index contributed by atoms with van der Waals surface area (Å²) in [6.07, 6.45) is 5.87. The third kappa shape index (κ3) is 6.24. The zero-order valence-electron chi connectivity index (χ0n) is 18.9. The third-order valence-corrected chi connectivity index (χ3v) is 6.47. The van der Waals surface area contributed by atoms with E-state index in [2.05, 4.69) is 15.5 Å². The van der Waals surface area contributed by atoms with E-state index in [9.17, 15) is 9.18 Å². The molecule has 2 heterocycles. The number of rotatable bonds is 10. The Hall–Kier alpha value is -3.17. The number of carbonyl (C=O) groups excluding carboxylic acids is 1. The maximum atomic E-state index is 14.6. The van der Waals surface area contributed by atoms with E-state index in [-0.39, 0.29) is 17.8 Å². The summed E-state index contributed by atoms with van der Waals surface area (Å²) in [6.45, 7) is 1.12. The molecule has 0 bridgehead atoms. The van der Waals surface area contributed by atoms with E-state index in [1.807, 2.05) is 24.3 Å². The van der Waals surface area contributed by atoms with Gasteiger partial charge in [-0.2, -0.15) is 0 Å². The lowest BCUT2D eigenvalue weighted by molar-refractivity contribution is -0.116. The highest BCUT2D eigenvalue weighted by atomic mass is 32.2. The van der Waals surface area contributed by atoms with Crippen molar-refractivity contribution in [2.75, 3.05) is 26.0 Å². The van der Waals surface area contributed by atoms with Gasteiger partial charge in [0.05, 0.1) is 18.9 Å². The number of amides is 1. The van der Waals surface area contributed by atoms with Gasteiger partial charge in [-0.25, -0.2) is 4.39 Å². The molecule has 1 aliphatic heterocycles. The van der Waals surface area contributed by atoms with Crippen LogP contribution in [0, 0.1) is 5.82 Å². The van der Waals surface area contributed by atoms with Crippen molar-refractivity contribution in [3.05, 3.63) is 71.8 Å². The number of carbonyl (C=O) groups is 1. The van der Waals surface area contributed by atoms with Crippen LogP contribution < -0.4 is 10.1 Å². The summed E-state index contributed by atoms with van der Waals surface area (Å²) in [5.74, 6) is 1.50. The lowest BCUT2D eigenvalue weighted by Crippen LogP contribution is -2.24. The van der Waals surface area contributed by atoms with Gasteiger partial charge in [0.25, 0.3) is 0 Å². The summed E-state index contributed by atoms with van der Waals surface area (Å²) < 4.78 is 27.2. The first-order chi connectivity index (χ1) is 16.6. The van der Waals surface area contributed by atoms with Crippen LogP contribution in [0.5, 0.6) is 5.75 Å². The Labute approximate surface area is 202 Å². The van der Waals surface area contributed by atoms with Crippen LogP contribution in [0.4, 0.5) is 4.39 Å². The molecular formula is C25H27FN4O3S. The molecule has 9 heteroatoms. The van der Waals surface area contributed by atoms with Gasteiger partial charge in [-0.3, -0.25) is 9.36 Å². The quantitative estimate of drug-likeness (QED) is 0.347. The Kier molecular flexibility index (Phi) is 8.32. The second kappa shape index (κ2) is 11.8. The number of benzene rings is 2. The molecule has 2 aromatic carbocycles. The Morgan fingerprint density at radius 2 is 2.09 bits per heavy atom. The Balaban J connectivity index is 1.40. The normalized spacial score (nSPS) is 15.6. The number of halogens is 1. The smallest absolute Gasteiger partial charge is 0.244 e. The molecule has 1 N–H and O–H groups in total. The molecule has 1 amide bonds. The van der Waals surface area contributed by atoms with E-state index < -0.39 is 0 Å². The Bertz CT molecular complexity index is 1130. The minimum Gasteiger partial charge on any atom is -0.497 e. The molecule has 178 valence electrons. The number of thioether (sulfide) groups is 1. The van der Waals surface area contributed by atoms with Gasteiger partial charge in [-0.1, -0.05) is 36.0 Å². The van der Waals surface area contributed by atoms with Gasteiger partial charge in [-0.15, -0.1) is 10.2 Å². The van der Waals surface area contributed by atoms with Gasteiger partial charge >= 0.3 is 0 Å². The molecule has 0 saturated carbocycles. The maximum Gasteiger partial charge on any atom is 0.244 e. The number of hydrogen-bond donors (Lipinski definition) is 1. The van der Waals surface area contributed by atoms with Crippen LogP contribution in [-0.4, -0.2) is 52.8 Å². The van der Waals surface area contributed by atoms with Crippen LogP contribution in [0.1, 0.15) is 24.2 Å². The molecule has 0 spiro atoms. The molecule has 1 aliphatic rings. The SMILES string of the molecule is COc1ccc(/C=C/C(=O)NCCc2nnc(SCC3CCCO3)n2-c2ccccc2F)cc1. The number of para-hydroxylation sites is 1. The van der Waals surface area contributed by atoms with Gasteiger partial charge in [0, 0.05) is 31.4 Å². The average molecular weight is 483 g/mol. The summed E-state index contributed by atoms with van der Waals surface area (Å²) in [4.78, 5) is 12.2. The maximum absolute atomic E-state index is 14.6. The van der Waals surface area contributed by atoms with Gasteiger partial charge in [0.15, 0.2) is 5.16 Å². The fraction of sp³-hybridized carbons (Fsp3) is 0.320. The second-order valence-electron chi connectivity index (χ2n) is 7.78. The largest absolute Gasteiger partial charge is 0.497 e. The standard InChI is InChI=1S/C25H27FN4O3S/c1-32-19-11-8-18(9-12-19)10-13-24(31)27-15-14-23-28-29-25(34-17-20-5-4-16-33-20)30(23)22-7-3-2-6-21(22)26/h2-3,6-13,20H,4-5,14-17H2,1H3,(H,27,31)/b13-10+. The van der Waals surface area contributed by atoms with Crippen molar-refractivity contribution in [1.29, 1.82) is 0 Å². The molecule has 1 fully saturated rings. The van der Waals surface area contributed by atoms with Gasteiger partial charge < -0.3 is 14.8 Å². The van der Waals surface area contributed by atoms with Crippen LogP contribution in [-0.2, 0) is 16.0 Å². The highest BCUT2D eigenvalue weighted by molar-refractivity contribution is 7.99. The molecule has 1 unspecified atom stereocenters. The molecule has 1 aromatic heterocycles. The molecule has 4 rings (SSSR count). The number of aromatic nitrogens is 3. The van der Waals surface area contributed by atoms with Gasteiger partial charge in [0.2, 0.25) is 5.91 Å². The highest BCUT2D eigenvalue weighted by Crippen LogP contribution is 2.27. The van der Waals surface area contributed by atoms with Crippen LogP contribution in [0.3, 0.4) is 0 Å². The zero-order valence-corrected chi connectivity index (χ0v) is 19.8. The van der Waals surface area contributed by atoms with Crippen LogP contribution in [0.15, 0.2) is 59.8 Å².